The molecule has 3 nitrogen and oxygen atoms in total. The van der Waals surface area contributed by atoms with Crippen LogP contribution in [0.4, 0.5) is 0 Å². The van der Waals surface area contributed by atoms with Crippen molar-refractivity contribution in [3.05, 3.63) is 0 Å². The fourth-order valence-corrected chi connectivity index (χ4v) is 3.93. The van der Waals surface area contributed by atoms with Crippen LogP contribution in [0.2, 0.25) is 0 Å². The van der Waals surface area contributed by atoms with E-state index in [4.69, 9.17) is 4.18 Å². The first-order valence-electron chi connectivity index (χ1n) is 4.73. The molecule has 78 valence electrons. The fraction of sp³-hybridized carbons (Fsp3) is 1.00. The van der Waals surface area contributed by atoms with Gasteiger partial charge in [-0.15, -0.1) is 0 Å². The Labute approximate surface area is 80.6 Å². The minimum atomic E-state index is -3.31. The molecular formula is C9H18O3S. The average molecular weight is 206 g/mol. The topological polar surface area (TPSA) is 43.4 Å². The summed E-state index contributed by atoms with van der Waals surface area (Å²) >= 11 is 0. The molecule has 0 radical (unpaired) electrons. The van der Waals surface area contributed by atoms with Gasteiger partial charge in [0, 0.05) is 0 Å². The third kappa shape index (κ3) is 2.23. The van der Waals surface area contributed by atoms with E-state index in [0.717, 1.165) is 6.42 Å². The van der Waals surface area contributed by atoms with Gasteiger partial charge in [-0.3, -0.25) is 4.18 Å². The first-order valence-corrected chi connectivity index (χ1v) is 6.20. The van der Waals surface area contributed by atoms with E-state index in [1.54, 1.807) is 0 Å². The van der Waals surface area contributed by atoms with E-state index in [1.165, 1.54) is 0 Å². The number of hydrogen-bond acceptors (Lipinski definition) is 3. The molecule has 0 N–H and O–H groups in total. The normalized spacial score (nSPS) is 33.1. The summed E-state index contributed by atoms with van der Waals surface area (Å²) in [5.74, 6) is 0.187. The van der Waals surface area contributed by atoms with Crippen molar-refractivity contribution in [3.63, 3.8) is 0 Å². The highest BCUT2D eigenvalue weighted by molar-refractivity contribution is 7.87. The lowest BCUT2D eigenvalue weighted by Gasteiger charge is -2.15. The van der Waals surface area contributed by atoms with Gasteiger partial charge in [0.2, 0.25) is 0 Å². The van der Waals surface area contributed by atoms with Gasteiger partial charge in [0.15, 0.2) is 0 Å². The SMILES string of the molecule is CCC(C)C1CC(C)(C)OS1(=O)=O. The van der Waals surface area contributed by atoms with Crippen molar-refractivity contribution in [3.8, 4) is 0 Å². The Morgan fingerprint density at radius 1 is 1.54 bits per heavy atom. The third-order valence-electron chi connectivity index (χ3n) is 2.68. The Kier molecular flexibility index (Phi) is 2.74. The molecule has 2 unspecified atom stereocenters. The van der Waals surface area contributed by atoms with Crippen LogP contribution in [0, 0.1) is 5.92 Å². The van der Waals surface area contributed by atoms with Gasteiger partial charge >= 0.3 is 0 Å². The number of hydrogen-bond donors (Lipinski definition) is 0. The molecule has 1 fully saturated rings. The first-order chi connectivity index (χ1) is 5.78. The van der Waals surface area contributed by atoms with E-state index < -0.39 is 15.7 Å². The summed E-state index contributed by atoms with van der Waals surface area (Å²) in [5.41, 5.74) is -0.507. The van der Waals surface area contributed by atoms with E-state index in [2.05, 4.69) is 0 Å². The molecule has 1 heterocycles. The Balaban J connectivity index is 2.89. The van der Waals surface area contributed by atoms with Crippen molar-refractivity contribution in [1.29, 1.82) is 0 Å². The molecule has 0 bridgehead atoms. The van der Waals surface area contributed by atoms with Gasteiger partial charge in [-0.25, -0.2) is 0 Å². The Morgan fingerprint density at radius 3 is 2.38 bits per heavy atom. The minimum Gasteiger partial charge on any atom is -0.264 e. The zero-order valence-corrected chi connectivity index (χ0v) is 9.52. The molecule has 1 aliphatic heterocycles. The lowest BCUT2D eigenvalue weighted by atomic mass is 9.94. The molecule has 13 heavy (non-hydrogen) atoms. The standard InChI is InChI=1S/C9H18O3S/c1-5-7(2)8-6-9(3,4)12-13(8,10)11/h7-8H,5-6H2,1-4H3. The largest absolute Gasteiger partial charge is 0.271 e. The van der Waals surface area contributed by atoms with Gasteiger partial charge in [-0.2, -0.15) is 8.42 Å². The van der Waals surface area contributed by atoms with Crippen molar-refractivity contribution >= 4 is 10.1 Å². The summed E-state index contributed by atoms with van der Waals surface area (Å²) in [7, 11) is -3.31. The quantitative estimate of drug-likeness (QED) is 0.648. The fourth-order valence-electron chi connectivity index (χ4n) is 1.75. The third-order valence-corrected chi connectivity index (χ3v) is 4.74. The van der Waals surface area contributed by atoms with Crippen molar-refractivity contribution in [2.75, 3.05) is 0 Å². The highest BCUT2D eigenvalue weighted by atomic mass is 32.2. The minimum absolute atomic E-state index is 0.187. The van der Waals surface area contributed by atoms with Gasteiger partial charge in [-0.1, -0.05) is 20.3 Å². The summed E-state index contributed by atoms with van der Waals surface area (Å²) in [6.45, 7) is 7.62. The second kappa shape index (κ2) is 3.24. The van der Waals surface area contributed by atoms with Gasteiger partial charge < -0.3 is 0 Å². The number of rotatable bonds is 2. The van der Waals surface area contributed by atoms with E-state index in [1.807, 2.05) is 27.7 Å². The highest BCUT2D eigenvalue weighted by Crippen LogP contribution is 2.37. The Bertz CT molecular complexity index is 279. The summed E-state index contributed by atoms with van der Waals surface area (Å²) in [6, 6.07) is 0. The van der Waals surface area contributed by atoms with Crippen LogP contribution < -0.4 is 0 Å². The molecule has 2 atom stereocenters. The molecule has 0 aromatic carbocycles. The van der Waals surface area contributed by atoms with Crippen molar-refractivity contribution < 1.29 is 12.6 Å². The van der Waals surface area contributed by atoms with Crippen molar-refractivity contribution in [2.45, 2.75) is 51.4 Å². The van der Waals surface area contributed by atoms with Crippen LogP contribution in [0.5, 0.6) is 0 Å². The molecule has 0 amide bonds. The maximum atomic E-state index is 11.6. The molecule has 0 spiro atoms. The van der Waals surface area contributed by atoms with Crippen LogP contribution in [-0.2, 0) is 14.3 Å². The van der Waals surface area contributed by atoms with E-state index in [-0.39, 0.29) is 11.2 Å². The smallest absolute Gasteiger partial charge is 0.264 e. The molecule has 1 saturated heterocycles. The monoisotopic (exact) mass is 206 g/mol. The molecule has 0 saturated carbocycles. The van der Waals surface area contributed by atoms with Crippen LogP contribution >= 0.6 is 0 Å². The van der Waals surface area contributed by atoms with E-state index in [9.17, 15) is 8.42 Å². The molecule has 0 aromatic heterocycles. The van der Waals surface area contributed by atoms with Gasteiger partial charge in [-0.05, 0) is 26.2 Å². The maximum absolute atomic E-state index is 11.6. The average Bonchev–Trinajstić information content (AvgIpc) is 2.17. The lowest BCUT2D eigenvalue weighted by molar-refractivity contribution is 0.138. The Morgan fingerprint density at radius 2 is 2.08 bits per heavy atom. The van der Waals surface area contributed by atoms with Crippen LogP contribution in [0.1, 0.15) is 40.5 Å². The van der Waals surface area contributed by atoms with Crippen molar-refractivity contribution in [1.82, 2.24) is 0 Å². The first kappa shape index (κ1) is 11.0. The molecule has 0 aliphatic carbocycles. The second-order valence-electron chi connectivity index (χ2n) is 4.46. The zero-order valence-electron chi connectivity index (χ0n) is 8.70. The second-order valence-corrected chi connectivity index (χ2v) is 6.22. The maximum Gasteiger partial charge on any atom is 0.271 e. The highest BCUT2D eigenvalue weighted by Gasteiger charge is 2.46. The summed E-state index contributed by atoms with van der Waals surface area (Å²) in [5, 5.41) is -0.313. The zero-order chi connectivity index (χ0) is 10.3. The van der Waals surface area contributed by atoms with Crippen LogP contribution in [0.25, 0.3) is 0 Å². The van der Waals surface area contributed by atoms with Crippen LogP contribution in [0.3, 0.4) is 0 Å². The molecule has 0 aromatic rings. The van der Waals surface area contributed by atoms with Crippen molar-refractivity contribution in [2.24, 2.45) is 5.92 Å². The molecule has 1 rings (SSSR count). The van der Waals surface area contributed by atoms with Gasteiger partial charge in [0.1, 0.15) is 0 Å². The summed E-state index contributed by atoms with van der Waals surface area (Å²) in [6.07, 6.45) is 1.49. The van der Waals surface area contributed by atoms with E-state index in [0.29, 0.717) is 6.42 Å². The molecular weight excluding hydrogens is 188 g/mol. The summed E-state index contributed by atoms with van der Waals surface area (Å²) in [4.78, 5) is 0. The summed E-state index contributed by atoms with van der Waals surface area (Å²) < 4.78 is 28.2. The lowest BCUT2D eigenvalue weighted by Crippen LogP contribution is -2.23. The molecule has 4 heteroatoms. The Hall–Kier alpha value is -0.0900. The molecule has 1 aliphatic rings. The predicted octanol–water partition coefficient (Wildman–Crippen LogP) is 1.93. The van der Waals surface area contributed by atoms with Crippen LogP contribution in [0.15, 0.2) is 0 Å². The van der Waals surface area contributed by atoms with E-state index >= 15 is 0 Å². The predicted molar refractivity (Wildman–Crippen MR) is 51.9 cm³/mol. The van der Waals surface area contributed by atoms with Crippen LogP contribution in [-0.4, -0.2) is 19.3 Å². The van der Waals surface area contributed by atoms with Gasteiger partial charge in [0.25, 0.3) is 10.1 Å². The van der Waals surface area contributed by atoms with Gasteiger partial charge in [0.05, 0.1) is 10.9 Å².